The molecule has 0 aromatic carbocycles. The van der Waals surface area contributed by atoms with Crippen molar-refractivity contribution in [3.8, 4) is 0 Å². The van der Waals surface area contributed by atoms with Gasteiger partial charge in [-0.25, -0.2) is 0 Å². The van der Waals surface area contributed by atoms with Crippen LogP contribution in [0.15, 0.2) is 12.1 Å². The Morgan fingerprint density at radius 3 is 2.75 bits per heavy atom. The van der Waals surface area contributed by atoms with Gasteiger partial charge < -0.3 is 5.32 Å². The van der Waals surface area contributed by atoms with Crippen molar-refractivity contribution in [1.29, 1.82) is 0 Å². The second kappa shape index (κ2) is 6.01. The summed E-state index contributed by atoms with van der Waals surface area (Å²) in [6, 6.07) is 4.14. The molecule has 0 unspecified atom stereocenters. The van der Waals surface area contributed by atoms with Crippen molar-refractivity contribution in [2.75, 3.05) is 26.7 Å². The molecule has 2 nitrogen and oxygen atoms in total. The molecule has 1 aromatic heterocycles. The van der Waals surface area contributed by atoms with Gasteiger partial charge in [0.2, 0.25) is 0 Å². The molecule has 1 aliphatic heterocycles. The maximum absolute atomic E-state index is 5.93. The molecule has 4 heteroatoms. The molecule has 0 radical (unpaired) electrons. The monoisotopic (exact) mass is 258 g/mol. The van der Waals surface area contributed by atoms with Crippen molar-refractivity contribution >= 4 is 22.9 Å². The summed E-state index contributed by atoms with van der Waals surface area (Å²) in [7, 11) is 2.04. The molecule has 2 rings (SSSR count). The first-order valence-corrected chi connectivity index (χ1v) is 7.08. The highest BCUT2D eigenvalue weighted by atomic mass is 35.5. The number of rotatable bonds is 4. The van der Waals surface area contributed by atoms with Gasteiger partial charge in [0.1, 0.15) is 0 Å². The predicted molar refractivity (Wildman–Crippen MR) is 71.3 cm³/mol. The number of hydrogen-bond acceptors (Lipinski definition) is 3. The fraction of sp³-hybridized carbons (Fsp3) is 0.667. The minimum absolute atomic E-state index is 0.869. The molecular formula is C12H19ClN2S. The Morgan fingerprint density at radius 2 is 2.19 bits per heavy atom. The lowest BCUT2D eigenvalue weighted by Crippen LogP contribution is -2.36. The van der Waals surface area contributed by atoms with Gasteiger partial charge in [0.05, 0.1) is 4.34 Å². The first-order valence-electron chi connectivity index (χ1n) is 5.89. The van der Waals surface area contributed by atoms with E-state index in [-0.39, 0.29) is 0 Å². The van der Waals surface area contributed by atoms with E-state index < -0.39 is 0 Å². The van der Waals surface area contributed by atoms with Crippen LogP contribution in [0.2, 0.25) is 4.34 Å². The predicted octanol–water partition coefficient (Wildman–Crippen LogP) is 2.83. The van der Waals surface area contributed by atoms with Crippen molar-refractivity contribution in [2.24, 2.45) is 5.92 Å². The van der Waals surface area contributed by atoms with E-state index in [0.717, 1.165) is 16.8 Å². The number of likely N-dealkylation sites (tertiary alicyclic amines) is 1. The minimum atomic E-state index is 0.869. The highest BCUT2D eigenvalue weighted by Crippen LogP contribution is 2.24. The molecule has 1 aromatic rings. The van der Waals surface area contributed by atoms with Crippen LogP contribution in [0.4, 0.5) is 0 Å². The fourth-order valence-corrected chi connectivity index (χ4v) is 3.42. The second-order valence-electron chi connectivity index (χ2n) is 4.48. The molecule has 2 heterocycles. The zero-order chi connectivity index (χ0) is 11.4. The standard InChI is InChI=1S/C12H19ClN2S/c1-14-8-10-4-6-15(7-5-10)9-11-2-3-12(13)16-11/h2-3,10,14H,4-9H2,1H3. The van der Waals surface area contributed by atoms with Gasteiger partial charge in [0, 0.05) is 11.4 Å². The second-order valence-corrected chi connectivity index (χ2v) is 6.28. The van der Waals surface area contributed by atoms with E-state index in [9.17, 15) is 0 Å². The normalized spacial score (nSPS) is 19.1. The number of nitrogens with one attached hydrogen (secondary N) is 1. The molecule has 0 atom stereocenters. The highest BCUT2D eigenvalue weighted by Gasteiger charge is 2.18. The quantitative estimate of drug-likeness (QED) is 0.894. The van der Waals surface area contributed by atoms with Gasteiger partial charge >= 0.3 is 0 Å². The molecule has 0 bridgehead atoms. The summed E-state index contributed by atoms with van der Waals surface area (Å²) in [4.78, 5) is 3.92. The third kappa shape index (κ3) is 3.45. The largest absolute Gasteiger partial charge is 0.319 e. The van der Waals surface area contributed by atoms with Gasteiger partial charge in [0.15, 0.2) is 0 Å². The van der Waals surface area contributed by atoms with Crippen molar-refractivity contribution < 1.29 is 0 Å². The lowest BCUT2D eigenvalue weighted by molar-refractivity contribution is 0.178. The lowest BCUT2D eigenvalue weighted by Gasteiger charge is -2.31. The summed E-state index contributed by atoms with van der Waals surface area (Å²) >= 11 is 7.64. The van der Waals surface area contributed by atoms with E-state index in [1.165, 1.54) is 37.4 Å². The molecule has 16 heavy (non-hydrogen) atoms. The Morgan fingerprint density at radius 1 is 1.44 bits per heavy atom. The van der Waals surface area contributed by atoms with Crippen LogP contribution >= 0.6 is 22.9 Å². The van der Waals surface area contributed by atoms with Gasteiger partial charge in [-0.2, -0.15) is 0 Å². The summed E-state index contributed by atoms with van der Waals surface area (Å²) < 4.78 is 0.903. The van der Waals surface area contributed by atoms with E-state index >= 15 is 0 Å². The van der Waals surface area contributed by atoms with Crippen molar-refractivity contribution in [2.45, 2.75) is 19.4 Å². The van der Waals surface area contributed by atoms with Gasteiger partial charge in [-0.1, -0.05) is 11.6 Å². The Labute approximate surface area is 107 Å². The topological polar surface area (TPSA) is 15.3 Å². The van der Waals surface area contributed by atoms with Crippen LogP contribution in [-0.2, 0) is 6.54 Å². The maximum atomic E-state index is 5.93. The molecular weight excluding hydrogens is 240 g/mol. The third-order valence-corrected chi connectivity index (χ3v) is 4.42. The maximum Gasteiger partial charge on any atom is 0.0931 e. The molecule has 1 aliphatic rings. The average molecular weight is 259 g/mol. The van der Waals surface area contributed by atoms with Crippen LogP contribution in [0, 0.1) is 5.92 Å². The number of thiophene rings is 1. The fourth-order valence-electron chi connectivity index (χ4n) is 2.29. The smallest absolute Gasteiger partial charge is 0.0931 e. The molecule has 0 spiro atoms. The lowest BCUT2D eigenvalue weighted by atomic mass is 9.97. The Kier molecular flexibility index (Phi) is 4.65. The molecule has 1 saturated heterocycles. The van der Waals surface area contributed by atoms with Crippen molar-refractivity contribution in [1.82, 2.24) is 10.2 Å². The molecule has 0 amide bonds. The Hall–Kier alpha value is -0.0900. The number of halogens is 1. The van der Waals surface area contributed by atoms with E-state index in [1.807, 2.05) is 13.1 Å². The molecule has 90 valence electrons. The Balaban J connectivity index is 1.77. The zero-order valence-electron chi connectivity index (χ0n) is 9.71. The van der Waals surface area contributed by atoms with Crippen LogP contribution < -0.4 is 5.32 Å². The van der Waals surface area contributed by atoms with Crippen LogP contribution in [0.25, 0.3) is 0 Å². The van der Waals surface area contributed by atoms with Gasteiger partial charge in [0.25, 0.3) is 0 Å². The van der Waals surface area contributed by atoms with E-state index in [1.54, 1.807) is 11.3 Å². The van der Waals surface area contributed by atoms with Crippen LogP contribution in [0.1, 0.15) is 17.7 Å². The molecule has 0 saturated carbocycles. The first kappa shape index (κ1) is 12.4. The summed E-state index contributed by atoms with van der Waals surface area (Å²) in [6.07, 6.45) is 2.64. The SMILES string of the molecule is CNCC1CCN(Cc2ccc(Cl)s2)CC1. The van der Waals surface area contributed by atoms with Crippen LogP contribution in [-0.4, -0.2) is 31.6 Å². The molecule has 1 N–H and O–H groups in total. The summed E-state index contributed by atoms with van der Waals surface area (Å²) in [5, 5.41) is 3.27. The van der Waals surface area contributed by atoms with Crippen molar-refractivity contribution in [3.05, 3.63) is 21.3 Å². The van der Waals surface area contributed by atoms with Crippen LogP contribution in [0.5, 0.6) is 0 Å². The first-order chi connectivity index (χ1) is 7.78. The number of hydrogen-bond donors (Lipinski definition) is 1. The number of nitrogens with zero attached hydrogens (tertiary/aromatic N) is 1. The number of piperidine rings is 1. The van der Waals surface area contributed by atoms with Crippen LogP contribution in [0.3, 0.4) is 0 Å². The zero-order valence-corrected chi connectivity index (χ0v) is 11.3. The van der Waals surface area contributed by atoms with Gasteiger partial charge in [-0.05, 0) is 57.6 Å². The summed E-state index contributed by atoms with van der Waals surface area (Å²) in [5.74, 6) is 0.869. The van der Waals surface area contributed by atoms with Gasteiger partial charge in [-0.15, -0.1) is 11.3 Å². The minimum Gasteiger partial charge on any atom is -0.319 e. The Bertz CT molecular complexity index is 319. The van der Waals surface area contributed by atoms with E-state index in [0.29, 0.717) is 0 Å². The summed E-state index contributed by atoms with van der Waals surface area (Å²) in [5.41, 5.74) is 0. The third-order valence-electron chi connectivity index (χ3n) is 3.21. The highest BCUT2D eigenvalue weighted by molar-refractivity contribution is 7.16. The van der Waals surface area contributed by atoms with Crippen molar-refractivity contribution in [3.63, 3.8) is 0 Å². The molecule has 1 fully saturated rings. The average Bonchev–Trinajstić information content (AvgIpc) is 2.67. The van der Waals surface area contributed by atoms with E-state index in [2.05, 4.69) is 16.3 Å². The summed E-state index contributed by atoms with van der Waals surface area (Å²) in [6.45, 7) is 4.69. The van der Waals surface area contributed by atoms with Gasteiger partial charge in [-0.3, -0.25) is 4.90 Å². The van der Waals surface area contributed by atoms with E-state index in [4.69, 9.17) is 11.6 Å². The molecule has 0 aliphatic carbocycles.